The number of hydrogen-bond acceptors (Lipinski definition) is 6. The summed E-state index contributed by atoms with van der Waals surface area (Å²) >= 11 is 1.55. The molecule has 2 aromatic heterocycles. The molecule has 1 unspecified atom stereocenters. The average Bonchev–Trinajstić information content (AvgIpc) is 3.20. The van der Waals surface area contributed by atoms with Crippen molar-refractivity contribution in [2.24, 2.45) is 0 Å². The largest absolute Gasteiger partial charge is 0.493 e. The standard InChI is InChI=1S/C24H23N3O3S/c1-14-7-10-20(21(12-14)29-4)30-16(3)22(28)26-18-9-8-17(13-15(18)2)23-27-19-6-5-11-25-24(19)31-23/h5-13,16H,1-4H3,(H,26,28). The second kappa shape index (κ2) is 8.73. The molecule has 0 saturated carbocycles. The van der Waals surface area contributed by atoms with Crippen molar-refractivity contribution in [3.8, 4) is 22.1 Å². The van der Waals surface area contributed by atoms with Gasteiger partial charge in [0.1, 0.15) is 15.4 Å². The Morgan fingerprint density at radius 1 is 1.10 bits per heavy atom. The Labute approximate surface area is 184 Å². The van der Waals surface area contributed by atoms with Gasteiger partial charge in [0.2, 0.25) is 0 Å². The van der Waals surface area contributed by atoms with Crippen LogP contribution in [0, 0.1) is 13.8 Å². The van der Waals surface area contributed by atoms with Crippen LogP contribution in [0.1, 0.15) is 18.1 Å². The summed E-state index contributed by atoms with van der Waals surface area (Å²) in [6.45, 7) is 5.64. The predicted octanol–water partition coefficient (Wildman–Crippen LogP) is 5.39. The van der Waals surface area contributed by atoms with Gasteiger partial charge in [-0.05, 0) is 74.4 Å². The van der Waals surface area contributed by atoms with E-state index in [1.807, 2.05) is 62.4 Å². The van der Waals surface area contributed by atoms with Crippen LogP contribution in [0.25, 0.3) is 20.9 Å². The number of methoxy groups -OCH3 is 1. The first-order chi connectivity index (χ1) is 14.9. The second-order valence-electron chi connectivity index (χ2n) is 7.28. The number of amides is 1. The van der Waals surface area contributed by atoms with Crippen molar-refractivity contribution in [1.29, 1.82) is 0 Å². The van der Waals surface area contributed by atoms with Crippen LogP contribution in [-0.2, 0) is 4.79 Å². The van der Waals surface area contributed by atoms with Crippen molar-refractivity contribution in [3.63, 3.8) is 0 Å². The average molecular weight is 434 g/mol. The molecule has 7 heteroatoms. The maximum atomic E-state index is 12.7. The van der Waals surface area contributed by atoms with Crippen LogP contribution >= 0.6 is 11.3 Å². The summed E-state index contributed by atoms with van der Waals surface area (Å²) in [6, 6.07) is 15.3. The zero-order chi connectivity index (χ0) is 22.0. The highest BCUT2D eigenvalue weighted by atomic mass is 32.1. The third kappa shape index (κ3) is 4.51. The number of rotatable bonds is 6. The first-order valence-electron chi connectivity index (χ1n) is 9.89. The molecule has 158 valence electrons. The number of nitrogens with one attached hydrogen (secondary N) is 1. The van der Waals surface area contributed by atoms with E-state index in [4.69, 9.17) is 9.47 Å². The van der Waals surface area contributed by atoms with Crippen LogP contribution in [0.2, 0.25) is 0 Å². The maximum Gasteiger partial charge on any atom is 0.265 e. The molecule has 0 bridgehead atoms. The zero-order valence-electron chi connectivity index (χ0n) is 17.8. The molecule has 1 amide bonds. The van der Waals surface area contributed by atoms with Crippen molar-refractivity contribution in [1.82, 2.24) is 9.97 Å². The Kier molecular flexibility index (Phi) is 5.86. The number of anilines is 1. The van der Waals surface area contributed by atoms with Gasteiger partial charge in [0.15, 0.2) is 17.6 Å². The topological polar surface area (TPSA) is 73.3 Å². The van der Waals surface area contributed by atoms with Crippen molar-refractivity contribution >= 4 is 33.3 Å². The molecule has 4 rings (SSSR count). The molecule has 0 radical (unpaired) electrons. The highest BCUT2D eigenvalue weighted by Crippen LogP contribution is 2.32. The predicted molar refractivity (Wildman–Crippen MR) is 124 cm³/mol. The van der Waals surface area contributed by atoms with Crippen molar-refractivity contribution in [2.45, 2.75) is 26.9 Å². The van der Waals surface area contributed by atoms with E-state index in [1.54, 1.807) is 31.6 Å². The fraction of sp³-hybridized carbons (Fsp3) is 0.208. The molecule has 1 N–H and O–H groups in total. The van der Waals surface area contributed by atoms with Gasteiger partial charge in [-0.1, -0.05) is 17.4 Å². The minimum Gasteiger partial charge on any atom is -0.493 e. The second-order valence-corrected chi connectivity index (χ2v) is 8.26. The van der Waals surface area contributed by atoms with Gasteiger partial charge < -0.3 is 14.8 Å². The Bertz CT molecular complexity index is 1220. The lowest BCUT2D eigenvalue weighted by Gasteiger charge is -2.18. The van der Waals surface area contributed by atoms with Crippen LogP contribution in [0.4, 0.5) is 5.69 Å². The SMILES string of the molecule is COc1cc(C)ccc1OC(C)C(=O)Nc1ccc(-c2nc3cccnc3s2)cc1C. The lowest BCUT2D eigenvalue weighted by molar-refractivity contribution is -0.122. The van der Waals surface area contributed by atoms with E-state index in [0.29, 0.717) is 11.5 Å². The molecule has 0 fully saturated rings. The smallest absolute Gasteiger partial charge is 0.265 e. The Balaban J connectivity index is 1.48. The van der Waals surface area contributed by atoms with Gasteiger partial charge in [-0.15, -0.1) is 0 Å². The molecule has 0 aliphatic rings. The van der Waals surface area contributed by atoms with Gasteiger partial charge >= 0.3 is 0 Å². The van der Waals surface area contributed by atoms with Gasteiger partial charge in [0.25, 0.3) is 5.91 Å². The van der Waals surface area contributed by atoms with Crippen LogP contribution < -0.4 is 14.8 Å². The van der Waals surface area contributed by atoms with Gasteiger partial charge in [0.05, 0.1) is 7.11 Å². The molecule has 31 heavy (non-hydrogen) atoms. The van der Waals surface area contributed by atoms with Crippen LogP contribution in [0.5, 0.6) is 11.5 Å². The number of benzene rings is 2. The summed E-state index contributed by atoms with van der Waals surface area (Å²) in [5, 5.41) is 3.85. The minimum absolute atomic E-state index is 0.234. The maximum absolute atomic E-state index is 12.7. The van der Waals surface area contributed by atoms with E-state index in [2.05, 4.69) is 15.3 Å². The van der Waals surface area contributed by atoms with Crippen LogP contribution in [-0.4, -0.2) is 29.1 Å². The molecule has 4 aromatic rings. The molecule has 0 aliphatic carbocycles. The Morgan fingerprint density at radius 2 is 1.94 bits per heavy atom. The lowest BCUT2D eigenvalue weighted by atomic mass is 10.1. The molecule has 2 heterocycles. The number of pyridine rings is 1. The summed E-state index contributed by atoms with van der Waals surface area (Å²) in [4.78, 5) is 22.6. The van der Waals surface area contributed by atoms with Crippen molar-refractivity contribution in [2.75, 3.05) is 12.4 Å². The molecular weight excluding hydrogens is 410 g/mol. The minimum atomic E-state index is -0.689. The molecular formula is C24H23N3O3S. The number of thiazole rings is 1. The highest BCUT2D eigenvalue weighted by Gasteiger charge is 2.18. The van der Waals surface area contributed by atoms with Crippen molar-refractivity contribution < 1.29 is 14.3 Å². The molecule has 1 atom stereocenters. The van der Waals surface area contributed by atoms with E-state index >= 15 is 0 Å². The summed E-state index contributed by atoms with van der Waals surface area (Å²) in [5.41, 5.74) is 4.61. The van der Waals surface area contributed by atoms with Crippen LogP contribution in [0.3, 0.4) is 0 Å². The van der Waals surface area contributed by atoms with Crippen molar-refractivity contribution in [3.05, 3.63) is 65.9 Å². The third-order valence-electron chi connectivity index (χ3n) is 4.89. The third-order valence-corrected chi connectivity index (χ3v) is 5.92. The zero-order valence-corrected chi connectivity index (χ0v) is 18.6. The number of nitrogens with zero attached hydrogens (tertiary/aromatic N) is 2. The summed E-state index contributed by atoms with van der Waals surface area (Å²) < 4.78 is 11.2. The Morgan fingerprint density at radius 3 is 2.68 bits per heavy atom. The fourth-order valence-corrected chi connectivity index (χ4v) is 4.08. The lowest BCUT2D eigenvalue weighted by Crippen LogP contribution is -2.30. The number of carbonyl (C=O) groups is 1. The first kappa shape index (κ1) is 20.8. The van der Waals surface area contributed by atoms with Gasteiger partial charge in [-0.25, -0.2) is 9.97 Å². The molecule has 0 aliphatic heterocycles. The molecule has 6 nitrogen and oxygen atoms in total. The van der Waals surface area contributed by atoms with E-state index in [0.717, 1.165) is 37.7 Å². The summed E-state index contributed by atoms with van der Waals surface area (Å²) in [7, 11) is 1.58. The molecule has 0 spiro atoms. The quantitative estimate of drug-likeness (QED) is 0.441. The number of hydrogen-bond donors (Lipinski definition) is 1. The summed E-state index contributed by atoms with van der Waals surface area (Å²) in [5.74, 6) is 0.903. The first-order valence-corrected chi connectivity index (χ1v) is 10.7. The van der Waals surface area contributed by atoms with E-state index in [9.17, 15) is 4.79 Å². The number of carbonyl (C=O) groups excluding carboxylic acids is 1. The number of aromatic nitrogens is 2. The number of fused-ring (bicyclic) bond motifs is 1. The summed E-state index contributed by atoms with van der Waals surface area (Å²) in [6.07, 6.45) is 1.08. The van der Waals surface area contributed by atoms with Gasteiger partial charge in [-0.2, -0.15) is 0 Å². The van der Waals surface area contributed by atoms with E-state index < -0.39 is 6.10 Å². The highest BCUT2D eigenvalue weighted by molar-refractivity contribution is 7.21. The molecule has 2 aromatic carbocycles. The number of ether oxygens (including phenoxy) is 2. The normalized spacial score (nSPS) is 11.9. The van der Waals surface area contributed by atoms with Gasteiger partial charge in [-0.3, -0.25) is 4.79 Å². The number of aryl methyl sites for hydroxylation is 2. The fourth-order valence-electron chi connectivity index (χ4n) is 3.18. The van der Waals surface area contributed by atoms with E-state index in [1.165, 1.54) is 0 Å². The van der Waals surface area contributed by atoms with Gasteiger partial charge in [0, 0.05) is 17.4 Å². The van der Waals surface area contributed by atoms with E-state index in [-0.39, 0.29) is 5.91 Å². The molecule has 0 saturated heterocycles. The monoisotopic (exact) mass is 433 g/mol. The van der Waals surface area contributed by atoms with Crippen LogP contribution in [0.15, 0.2) is 54.7 Å². The Hall–Kier alpha value is -3.45.